The van der Waals surface area contributed by atoms with Crippen LogP contribution < -0.4 is 0 Å². The van der Waals surface area contributed by atoms with Crippen molar-refractivity contribution in [3.05, 3.63) is 29.8 Å². The number of hydrogen-bond donors (Lipinski definition) is 0. The predicted molar refractivity (Wildman–Crippen MR) is 100 cm³/mol. The normalized spacial score (nSPS) is 19.6. The third-order valence-corrected chi connectivity index (χ3v) is 8.12. The molecule has 0 aromatic heterocycles. The van der Waals surface area contributed by atoms with Gasteiger partial charge in [-0.05, 0) is 37.1 Å². The molecule has 0 radical (unpaired) electrons. The second-order valence-electron chi connectivity index (χ2n) is 6.72. The quantitative estimate of drug-likeness (QED) is 0.687. The van der Waals surface area contributed by atoms with Crippen molar-refractivity contribution in [1.29, 1.82) is 0 Å². The molecule has 0 spiro atoms. The van der Waals surface area contributed by atoms with Crippen molar-refractivity contribution in [2.24, 2.45) is 0 Å². The van der Waals surface area contributed by atoms with E-state index in [9.17, 15) is 21.6 Å². The number of rotatable bonds is 7. The zero-order valence-corrected chi connectivity index (χ0v) is 17.0. The number of hydrogen-bond acceptors (Lipinski definition) is 5. The lowest BCUT2D eigenvalue weighted by atomic mass is 10.1. The Balaban J connectivity index is 2.25. The highest BCUT2D eigenvalue weighted by Crippen LogP contribution is 2.22. The number of sulfone groups is 1. The van der Waals surface area contributed by atoms with E-state index >= 15 is 0 Å². The highest BCUT2D eigenvalue weighted by atomic mass is 32.2. The van der Waals surface area contributed by atoms with Gasteiger partial charge in [0.05, 0.1) is 16.4 Å². The van der Waals surface area contributed by atoms with Gasteiger partial charge in [0.15, 0.2) is 9.84 Å². The maximum Gasteiger partial charge on any atom is 0.254 e. The van der Waals surface area contributed by atoms with E-state index in [-0.39, 0.29) is 28.4 Å². The average molecular weight is 403 g/mol. The van der Waals surface area contributed by atoms with Crippen LogP contribution >= 0.6 is 0 Å². The zero-order chi connectivity index (χ0) is 19.5. The van der Waals surface area contributed by atoms with Crippen LogP contribution in [0, 0.1) is 0 Å². The number of benzene rings is 1. The molecular weight excluding hydrogens is 376 g/mol. The van der Waals surface area contributed by atoms with Crippen LogP contribution in [0.1, 0.15) is 36.5 Å². The molecule has 0 N–H and O–H groups in total. The van der Waals surface area contributed by atoms with Crippen molar-refractivity contribution in [2.45, 2.75) is 37.1 Å². The van der Waals surface area contributed by atoms with E-state index in [0.717, 1.165) is 17.1 Å². The summed E-state index contributed by atoms with van der Waals surface area (Å²) in [4.78, 5) is 14.7. The Morgan fingerprint density at radius 1 is 1.19 bits per heavy atom. The Hall–Kier alpha value is -1.45. The van der Waals surface area contributed by atoms with Crippen LogP contribution in [-0.4, -0.2) is 70.1 Å². The molecule has 9 heteroatoms. The molecule has 1 fully saturated rings. The Bertz CT molecular complexity index is 846. The average Bonchev–Trinajstić information content (AvgIpc) is 2.94. The largest absolute Gasteiger partial charge is 0.335 e. The first kappa shape index (κ1) is 20.9. The Labute approximate surface area is 156 Å². The fourth-order valence-electron chi connectivity index (χ4n) is 2.95. The molecule has 26 heavy (non-hydrogen) atoms. The second-order valence-corrected chi connectivity index (χ2v) is 11.1. The van der Waals surface area contributed by atoms with Gasteiger partial charge >= 0.3 is 0 Å². The van der Waals surface area contributed by atoms with Gasteiger partial charge in [0.2, 0.25) is 10.0 Å². The van der Waals surface area contributed by atoms with Gasteiger partial charge in [-0.2, -0.15) is 0 Å². The molecule has 146 valence electrons. The Kier molecular flexibility index (Phi) is 6.46. The first-order valence-corrected chi connectivity index (χ1v) is 11.9. The molecular formula is C17H26N2O5S2. The van der Waals surface area contributed by atoms with Crippen LogP contribution in [0.3, 0.4) is 0 Å². The molecule has 0 saturated carbocycles. The molecule has 1 aliphatic heterocycles. The summed E-state index contributed by atoms with van der Waals surface area (Å²) in [6.07, 6.45) is 2.13. The lowest BCUT2D eigenvalue weighted by molar-refractivity contribution is 0.0694. The van der Waals surface area contributed by atoms with Crippen molar-refractivity contribution in [3.8, 4) is 0 Å². The van der Waals surface area contributed by atoms with E-state index in [1.807, 2.05) is 6.92 Å². The van der Waals surface area contributed by atoms with Crippen LogP contribution in [0.4, 0.5) is 0 Å². The van der Waals surface area contributed by atoms with E-state index < -0.39 is 19.9 Å². The lowest BCUT2D eigenvalue weighted by Gasteiger charge is -2.28. The molecule has 0 unspecified atom stereocenters. The van der Waals surface area contributed by atoms with Gasteiger partial charge in [-0.3, -0.25) is 4.79 Å². The maximum absolute atomic E-state index is 12.9. The molecule has 1 atom stereocenters. The minimum atomic E-state index is -3.56. The van der Waals surface area contributed by atoms with Crippen molar-refractivity contribution >= 4 is 25.8 Å². The number of carbonyl (C=O) groups is 1. The van der Waals surface area contributed by atoms with Crippen molar-refractivity contribution in [2.75, 3.05) is 32.1 Å². The van der Waals surface area contributed by atoms with Gasteiger partial charge in [-0.1, -0.05) is 13.3 Å². The number of carbonyl (C=O) groups excluding carboxylic acids is 1. The van der Waals surface area contributed by atoms with Gasteiger partial charge in [0.25, 0.3) is 5.91 Å². The van der Waals surface area contributed by atoms with Crippen LogP contribution in [-0.2, 0) is 19.9 Å². The molecule has 0 bridgehead atoms. The van der Waals surface area contributed by atoms with Gasteiger partial charge in [-0.15, -0.1) is 0 Å². The monoisotopic (exact) mass is 402 g/mol. The first-order valence-electron chi connectivity index (χ1n) is 8.62. The SMILES string of the molecule is CCCCN(C(=O)c1ccc(S(=O)(=O)N(C)C)cc1)[C@@H]1CCS(=O)(=O)C1. The summed E-state index contributed by atoms with van der Waals surface area (Å²) in [6, 6.07) is 5.48. The summed E-state index contributed by atoms with van der Waals surface area (Å²) in [5.74, 6) is -0.155. The third-order valence-electron chi connectivity index (χ3n) is 4.54. The smallest absolute Gasteiger partial charge is 0.254 e. The molecule has 2 rings (SSSR count). The molecule has 1 saturated heterocycles. The number of sulfonamides is 1. The lowest BCUT2D eigenvalue weighted by Crippen LogP contribution is -2.41. The molecule has 0 aliphatic carbocycles. The molecule has 1 heterocycles. The predicted octanol–water partition coefficient (Wildman–Crippen LogP) is 1.37. The summed E-state index contributed by atoms with van der Waals surface area (Å²) in [7, 11) is -3.76. The number of nitrogens with zero attached hydrogens (tertiary/aromatic N) is 2. The minimum Gasteiger partial charge on any atom is -0.335 e. The van der Waals surface area contributed by atoms with Gasteiger partial charge in [0, 0.05) is 32.2 Å². The van der Waals surface area contributed by atoms with Crippen LogP contribution in [0.5, 0.6) is 0 Å². The highest BCUT2D eigenvalue weighted by molar-refractivity contribution is 7.91. The first-order chi connectivity index (χ1) is 12.1. The standard InChI is InChI=1S/C17H26N2O5S2/c1-4-5-11-19(15-10-12-25(21,22)13-15)17(20)14-6-8-16(9-7-14)26(23,24)18(2)3/h6-9,15H,4-5,10-13H2,1-3H3/t15-/m1/s1. The van der Waals surface area contributed by atoms with Crippen molar-refractivity contribution in [1.82, 2.24) is 9.21 Å². The van der Waals surface area contributed by atoms with Crippen LogP contribution in [0.25, 0.3) is 0 Å². The van der Waals surface area contributed by atoms with Crippen molar-refractivity contribution in [3.63, 3.8) is 0 Å². The van der Waals surface area contributed by atoms with E-state index in [0.29, 0.717) is 18.5 Å². The van der Waals surface area contributed by atoms with Gasteiger partial charge < -0.3 is 4.90 Å². The third kappa shape index (κ3) is 4.63. The fourth-order valence-corrected chi connectivity index (χ4v) is 5.58. The summed E-state index contributed by atoms with van der Waals surface area (Å²) < 4.78 is 49.0. The summed E-state index contributed by atoms with van der Waals surface area (Å²) in [6.45, 7) is 2.50. The number of unbranched alkanes of at least 4 members (excludes halogenated alkanes) is 1. The topological polar surface area (TPSA) is 91.8 Å². The second kappa shape index (κ2) is 8.06. The fraction of sp³-hybridized carbons (Fsp3) is 0.588. The molecule has 1 aromatic carbocycles. The van der Waals surface area contributed by atoms with E-state index in [1.165, 1.54) is 38.4 Å². The Morgan fingerprint density at radius 3 is 2.27 bits per heavy atom. The minimum absolute atomic E-state index is 0.00442. The molecule has 1 aliphatic rings. The van der Waals surface area contributed by atoms with Crippen LogP contribution in [0.2, 0.25) is 0 Å². The van der Waals surface area contributed by atoms with Crippen molar-refractivity contribution < 1.29 is 21.6 Å². The van der Waals surface area contributed by atoms with Crippen LogP contribution in [0.15, 0.2) is 29.2 Å². The van der Waals surface area contributed by atoms with E-state index in [4.69, 9.17) is 0 Å². The van der Waals surface area contributed by atoms with E-state index in [2.05, 4.69) is 0 Å². The summed E-state index contributed by atoms with van der Waals surface area (Å²) in [5.41, 5.74) is 0.364. The molecule has 1 amide bonds. The highest BCUT2D eigenvalue weighted by Gasteiger charge is 2.34. The molecule has 1 aromatic rings. The van der Waals surface area contributed by atoms with E-state index in [1.54, 1.807) is 4.90 Å². The van der Waals surface area contributed by atoms with Gasteiger partial charge in [0.1, 0.15) is 0 Å². The van der Waals surface area contributed by atoms with Gasteiger partial charge in [-0.25, -0.2) is 21.1 Å². The number of amides is 1. The maximum atomic E-state index is 12.9. The zero-order valence-electron chi connectivity index (χ0n) is 15.4. The summed E-state index contributed by atoms with van der Waals surface area (Å²) >= 11 is 0. The Morgan fingerprint density at radius 2 is 1.81 bits per heavy atom. The molecule has 7 nitrogen and oxygen atoms in total. The summed E-state index contributed by atoms with van der Waals surface area (Å²) in [5, 5.41) is 0.